The highest BCUT2D eigenvalue weighted by Crippen LogP contribution is 2.33. The molecule has 0 N–H and O–H groups in total. The van der Waals surface area contributed by atoms with Gasteiger partial charge in [0.05, 0.1) is 30.5 Å². The first-order chi connectivity index (χ1) is 18.1. The molecule has 6 rings (SSSR count). The summed E-state index contributed by atoms with van der Waals surface area (Å²) in [5.41, 5.74) is 9.73. The molecule has 6 heteroatoms. The van der Waals surface area contributed by atoms with Crippen molar-refractivity contribution >= 4 is 27.8 Å². The topological polar surface area (TPSA) is 52.9 Å². The number of hydrogen-bond acceptors (Lipinski definition) is 3. The van der Waals surface area contributed by atoms with Crippen LogP contribution in [0.5, 0.6) is 0 Å². The molecule has 6 nitrogen and oxygen atoms in total. The first kappa shape index (κ1) is 22.7. The van der Waals surface area contributed by atoms with Gasteiger partial charge in [0, 0.05) is 17.5 Å². The molecule has 0 aliphatic heterocycles. The van der Waals surface area contributed by atoms with Gasteiger partial charge in [0.1, 0.15) is 11.3 Å². The largest absolute Gasteiger partial charge is 0.308 e. The van der Waals surface area contributed by atoms with Crippen molar-refractivity contribution in [3.05, 3.63) is 113 Å². The zero-order valence-electron chi connectivity index (χ0n) is 21.1. The van der Waals surface area contributed by atoms with E-state index in [1.807, 2.05) is 42.1 Å². The third-order valence-electron chi connectivity index (χ3n) is 6.85. The van der Waals surface area contributed by atoms with Gasteiger partial charge in [-0.25, -0.2) is 19.5 Å². The summed E-state index contributed by atoms with van der Waals surface area (Å²) < 4.78 is 4.15. The molecule has 3 aromatic carbocycles. The van der Waals surface area contributed by atoms with Gasteiger partial charge in [0.15, 0.2) is 11.3 Å². The van der Waals surface area contributed by atoms with Gasteiger partial charge in [-0.1, -0.05) is 55.5 Å². The van der Waals surface area contributed by atoms with Gasteiger partial charge in [0.25, 0.3) is 0 Å². The molecule has 180 valence electrons. The Hall–Kier alpha value is -4.76. The van der Waals surface area contributed by atoms with Gasteiger partial charge >= 0.3 is 0 Å². The smallest absolute Gasteiger partial charge is 0.195 e. The van der Waals surface area contributed by atoms with E-state index in [1.165, 1.54) is 0 Å². The lowest BCUT2D eigenvalue weighted by atomic mass is 10.0. The van der Waals surface area contributed by atoms with Gasteiger partial charge in [-0.3, -0.25) is 0 Å². The van der Waals surface area contributed by atoms with Gasteiger partial charge in [-0.2, -0.15) is 5.10 Å². The van der Waals surface area contributed by atoms with Crippen LogP contribution in [-0.2, 0) is 13.0 Å². The summed E-state index contributed by atoms with van der Waals surface area (Å²) in [6, 6.07) is 24.6. The molecule has 3 heterocycles. The monoisotopic (exact) mass is 482 g/mol. The molecule has 0 saturated carbocycles. The summed E-state index contributed by atoms with van der Waals surface area (Å²) >= 11 is 0. The van der Waals surface area contributed by atoms with Crippen molar-refractivity contribution in [2.75, 3.05) is 0 Å². The number of imidazole rings is 1. The molecule has 0 bridgehead atoms. The van der Waals surface area contributed by atoms with Crippen LogP contribution >= 0.6 is 0 Å². The van der Waals surface area contributed by atoms with Crippen LogP contribution in [0, 0.1) is 20.4 Å². The Labute approximate surface area is 215 Å². The number of fused-ring (bicyclic) bond motifs is 2. The number of para-hydroxylation sites is 1. The zero-order valence-corrected chi connectivity index (χ0v) is 21.1. The zero-order chi connectivity index (χ0) is 25.5. The van der Waals surface area contributed by atoms with E-state index in [1.54, 1.807) is 0 Å². The Morgan fingerprint density at radius 2 is 1.73 bits per heavy atom. The highest BCUT2D eigenvalue weighted by atomic mass is 15.3. The average Bonchev–Trinajstić information content (AvgIpc) is 3.51. The molecule has 0 aliphatic rings. The Balaban J connectivity index is 1.37. The maximum Gasteiger partial charge on any atom is 0.195 e. The molecule has 0 unspecified atom stereocenters. The lowest BCUT2D eigenvalue weighted by Gasteiger charge is -2.12. The number of pyridine rings is 1. The second-order valence-electron chi connectivity index (χ2n) is 9.35. The standard InChI is InChI=1S/C31H26N6/c1-5-29-35-30-20(2)16-21(3)34-31(30)36(29)19-22-10-12-23(13-11-22)26-17-25(14-15-27(26)32-4)37-28-9-7-6-8-24(28)18-33-37/h6-18H,5,19H2,1-3H3. The van der Waals surface area contributed by atoms with Crippen LogP contribution in [0.4, 0.5) is 5.69 Å². The van der Waals surface area contributed by atoms with E-state index in [-0.39, 0.29) is 0 Å². The van der Waals surface area contributed by atoms with E-state index < -0.39 is 0 Å². The van der Waals surface area contributed by atoms with Crippen molar-refractivity contribution in [1.29, 1.82) is 0 Å². The molecule has 0 saturated heterocycles. The highest BCUT2D eigenvalue weighted by Gasteiger charge is 2.15. The first-order valence-electron chi connectivity index (χ1n) is 12.4. The second kappa shape index (κ2) is 9.03. The van der Waals surface area contributed by atoms with E-state index in [0.29, 0.717) is 12.2 Å². The number of rotatable bonds is 5. The van der Waals surface area contributed by atoms with Crippen LogP contribution < -0.4 is 0 Å². The normalized spacial score (nSPS) is 11.3. The van der Waals surface area contributed by atoms with Gasteiger partial charge < -0.3 is 4.57 Å². The van der Waals surface area contributed by atoms with Gasteiger partial charge in [-0.05, 0) is 60.4 Å². The Morgan fingerprint density at radius 3 is 2.51 bits per heavy atom. The Morgan fingerprint density at radius 1 is 0.919 bits per heavy atom. The van der Waals surface area contributed by atoms with E-state index >= 15 is 0 Å². The second-order valence-corrected chi connectivity index (χ2v) is 9.35. The van der Waals surface area contributed by atoms with Crippen molar-refractivity contribution in [3.63, 3.8) is 0 Å². The van der Waals surface area contributed by atoms with Crippen LogP contribution in [0.1, 0.15) is 29.6 Å². The summed E-state index contributed by atoms with van der Waals surface area (Å²) in [5, 5.41) is 5.67. The maximum atomic E-state index is 7.72. The van der Waals surface area contributed by atoms with Gasteiger partial charge in [-0.15, -0.1) is 0 Å². The molecule has 0 aliphatic carbocycles. The summed E-state index contributed by atoms with van der Waals surface area (Å²) in [6.07, 6.45) is 2.71. The number of benzene rings is 3. The maximum absolute atomic E-state index is 7.72. The van der Waals surface area contributed by atoms with Crippen LogP contribution in [0.15, 0.2) is 79.0 Å². The lowest BCUT2D eigenvalue weighted by molar-refractivity contribution is 0.745. The third kappa shape index (κ3) is 3.95. The SMILES string of the molecule is [C-]#[N+]c1ccc(-n2ncc3ccccc32)cc1-c1ccc(Cn2c(CC)nc3c(C)cc(C)nc32)cc1. The fourth-order valence-corrected chi connectivity index (χ4v) is 5.02. The Kier molecular flexibility index (Phi) is 5.54. The summed E-state index contributed by atoms with van der Waals surface area (Å²) in [6.45, 7) is 14.7. The van der Waals surface area contributed by atoms with Crippen molar-refractivity contribution in [1.82, 2.24) is 24.3 Å². The predicted molar refractivity (Wildman–Crippen MR) is 148 cm³/mol. The molecule has 0 spiro atoms. The molecule has 0 atom stereocenters. The van der Waals surface area contributed by atoms with E-state index in [4.69, 9.17) is 16.5 Å². The minimum absolute atomic E-state index is 0.622. The number of aryl methyl sites for hydroxylation is 3. The molecule has 0 radical (unpaired) electrons. The van der Waals surface area contributed by atoms with Crippen LogP contribution in [-0.4, -0.2) is 24.3 Å². The predicted octanol–water partition coefficient (Wildman–Crippen LogP) is 7.22. The minimum Gasteiger partial charge on any atom is -0.308 e. The Bertz CT molecular complexity index is 1820. The number of hydrogen-bond donors (Lipinski definition) is 0. The molecular weight excluding hydrogens is 456 g/mol. The molecule has 37 heavy (non-hydrogen) atoms. The fraction of sp³-hybridized carbons (Fsp3) is 0.161. The summed E-state index contributed by atoms with van der Waals surface area (Å²) in [4.78, 5) is 13.5. The molecule has 0 fully saturated rings. The fourth-order valence-electron chi connectivity index (χ4n) is 5.02. The van der Waals surface area contributed by atoms with Crippen LogP contribution in [0.3, 0.4) is 0 Å². The van der Waals surface area contributed by atoms with Crippen molar-refractivity contribution in [2.45, 2.75) is 33.7 Å². The molecule has 6 aromatic rings. The molecule has 0 amide bonds. The number of aromatic nitrogens is 5. The van der Waals surface area contributed by atoms with Crippen LogP contribution in [0.2, 0.25) is 0 Å². The lowest BCUT2D eigenvalue weighted by Crippen LogP contribution is -2.05. The summed E-state index contributed by atoms with van der Waals surface area (Å²) in [7, 11) is 0. The third-order valence-corrected chi connectivity index (χ3v) is 6.85. The quantitative estimate of drug-likeness (QED) is 0.244. The van der Waals surface area contributed by atoms with Crippen molar-refractivity contribution in [2.24, 2.45) is 0 Å². The average molecular weight is 483 g/mol. The van der Waals surface area contributed by atoms with Crippen molar-refractivity contribution < 1.29 is 0 Å². The van der Waals surface area contributed by atoms with Crippen LogP contribution in [0.25, 0.3) is 43.7 Å². The van der Waals surface area contributed by atoms with E-state index in [2.05, 4.69) is 76.9 Å². The van der Waals surface area contributed by atoms with E-state index in [0.717, 1.165) is 67.9 Å². The first-order valence-corrected chi connectivity index (χ1v) is 12.4. The highest BCUT2D eigenvalue weighted by molar-refractivity contribution is 5.83. The van der Waals surface area contributed by atoms with Crippen molar-refractivity contribution in [3.8, 4) is 16.8 Å². The summed E-state index contributed by atoms with van der Waals surface area (Å²) in [5.74, 6) is 1.04. The molecular formula is C31H26N6. The molecule has 3 aromatic heterocycles. The number of nitrogens with zero attached hydrogens (tertiary/aromatic N) is 6. The minimum atomic E-state index is 0.622. The van der Waals surface area contributed by atoms with Gasteiger partial charge in [0.2, 0.25) is 0 Å². The van der Waals surface area contributed by atoms with E-state index in [9.17, 15) is 0 Å².